The van der Waals surface area contributed by atoms with Crippen LogP contribution in [-0.4, -0.2) is 21.1 Å². The van der Waals surface area contributed by atoms with E-state index in [-0.39, 0.29) is 11.7 Å². The maximum absolute atomic E-state index is 12.5. The van der Waals surface area contributed by atoms with Crippen LogP contribution < -0.4 is 19.9 Å². The van der Waals surface area contributed by atoms with Crippen LogP contribution in [0.15, 0.2) is 41.3 Å². The van der Waals surface area contributed by atoms with Gasteiger partial charge in [-0.15, -0.1) is 11.6 Å². The first-order valence-electron chi connectivity index (χ1n) is 6.86. The molecule has 6 nitrogen and oxygen atoms in total. The third-order valence-corrected chi connectivity index (χ3v) is 4.98. The molecule has 2 aromatic rings. The minimum atomic E-state index is -3.74. The molecule has 23 heavy (non-hydrogen) atoms. The lowest BCUT2D eigenvalue weighted by Gasteiger charge is -2.11. The standard InChI is InChI=1S/C15H15ClN2O4S/c16-6-5-10-1-3-12(8-13(10)17)23(19,20)18-11-2-4-14-15(7-11)22-9-21-14/h1-4,7-8,18H,5-6,9,17H2. The number of hydrogen-bond donors (Lipinski definition) is 2. The van der Waals surface area contributed by atoms with Gasteiger partial charge in [0.05, 0.1) is 10.6 Å². The fraction of sp³-hybridized carbons (Fsp3) is 0.200. The quantitative estimate of drug-likeness (QED) is 0.636. The zero-order valence-corrected chi connectivity index (χ0v) is 13.7. The number of sulfonamides is 1. The number of halogens is 1. The van der Waals surface area contributed by atoms with Crippen LogP contribution in [0.5, 0.6) is 11.5 Å². The van der Waals surface area contributed by atoms with Gasteiger partial charge >= 0.3 is 0 Å². The van der Waals surface area contributed by atoms with Gasteiger partial charge in [0.25, 0.3) is 10.0 Å². The van der Waals surface area contributed by atoms with Crippen LogP contribution in [0.3, 0.4) is 0 Å². The third-order valence-electron chi connectivity index (χ3n) is 3.42. The molecule has 0 bridgehead atoms. The molecule has 0 radical (unpaired) electrons. The molecule has 0 saturated heterocycles. The Hall–Kier alpha value is -2.12. The SMILES string of the molecule is Nc1cc(S(=O)(=O)Nc2ccc3c(c2)OCO3)ccc1CCCl. The van der Waals surface area contributed by atoms with Gasteiger partial charge in [-0.1, -0.05) is 6.07 Å². The molecule has 0 saturated carbocycles. The first kappa shape index (κ1) is 15.8. The number of anilines is 2. The number of nitrogens with two attached hydrogens (primary N) is 1. The number of nitrogens with one attached hydrogen (secondary N) is 1. The number of ether oxygens (including phenoxy) is 2. The van der Waals surface area contributed by atoms with Crippen LogP contribution in [0.2, 0.25) is 0 Å². The van der Waals surface area contributed by atoms with Crippen molar-refractivity contribution in [2.45, 2.75) is 11.3 Å². The number of alkyl halides is 1. The van der Waals surface area contributed by atoms with E-state index >= 15 is 0 Å². The van der Waals surface area contributed by atoms with Crippen molar-refractivity contribution in [1.82, 2.24) is 0 Å². The molecule has 0 spiro atoms. The number of rotatable bonds is 5. The van der Waals surface area contributed by atoms with E-state index in [0.29, 0.717) is 35.2 Å². The highest BCUT2D eigenvalue weighted by atomic mass is 35.5. The van der Waals surface area contributed by atoms with Crippen molar-refractivity contribution in [1.29, 1.82) is 0 Å². The van der Waals surface area contributed by atoms with Gasteiger partial charge < -0.3 is 15.2 Å². The molecular formula is C15H15ClN2O4S. The van der Waals surface area contributed by atoms with Crippen LogP contribution in [0.1, 0.15) is 5.56 Å². The summed E-state index contributed by atoms with van der Waals surface area (Å²) in [4.78, 5) is 0.0889. The van der Waals surface area contributed by atoms with E-state index in [4.69, 9.17) is 26.8 Å². The third kappa shape index (κ3) is 3.30. The molecule has 1 aliphatic heterocycles. The van der Waals surface area contributed by atoms with Crippen LogP contribution in [0.25, 0.3) is 0 Å². The highest BCUT2D eigenvalue weighted by molar-refractivity contribution is 7.92. The summed E-state index contributed by atoms with van der Waals surface area (Å²) in [6.45, 7) is 0.129. The summed E-state index contributed by atoms with van der Waals surface area (Å²) in [7, 11) is -3.74. The van der Waals surface area contributed by atoms with Crippen molar-refractivity contribution in [3.05, 3.63) is 42.0 Å². The summed E-state index contributed by atoms with van der Waals surface area (Å²) in [6.07, 6.45) is 0.587. The average molecular weight is 355 g/mol. The highest BCUT2D eigenvalue weighted by Gasteiger charge is 2.18. The van der Waals surface area contributed by atoms with Crippen molar-refractivity contribution in [2.75, 3.05) is 23.1 Å². The summed E-state index contributed by atoms with van der Waals surface area (Å²) in [5.74, 6) is 1.51. The fourth-order valence-electron chi connectivity index (χ4n) is 2.24. The molecule has 0 fully saturated rings. The van der Waals surface area contributed by atoms with E-state index in [1.54, 1.807) is 24.3 Å². The normalized spacial score (nSPS) is 13.1. The predicted octanol–water partition coefficient (Wildman–Crippen LogP) is 2.58. The van der Waals surface area contributed by atoms with Crippen molar-refractivity contribution in [3.8, 4) is 11.5 Å². The Bertz CT molecular complexity index is 839. The molecule has 122 valence electrons. The number of benzene rings is 2. The van der Waals surface area contributed by atoms with E-state index in [0.717, 1.165) is 5.56 Å². The summed E-state index contributed by atoms with van der Waals surface area (Å²) in [5.41, 5.74) is 7.49. The van der Waals surface area contributed by atoms with Gasteiger partial charge in [0.2, 0.25) is 6.79 Å². The Morgan fingerprint density at radius 2 is 1.91 bits per heavy atom. The molecule has 1 heterocycles. The number of aryl methyl sites for hydroxylation is 1. The molecule has 0 unspecified atom stereocenters. The zero-order chi connectivity index (χ0) is 16.4. The summed E-state index contributed by atoms with van der Waals surface area (Å²) in [6, 6.07) is 9.44. The Morgan fingerprint density at radius 3 is 2.65 bits per heavy atom. The molecule has 0 aliphatic carbocycles. The summed E-state index contributed by atoms with van der Waals surface area (Å²) < 4.78 is 37.8. The molecule has 1 aliphatic rings. The van der Waals surface area contributed by atoms with Crippen LogP contribution in [0.4, 0.5) is 11.4 Å². The topological polar surface area (TPSA) is 90.7 Å². The molecule has 0 amide bonds. The minimum absolute atomic E-state index is 0.0889. The van der Waals surface area contributed by atoms with Gasteiger partial charge in [0, 0.05) is 17.6 Å². The van der Waals surface area contributed by atoms with E-state index < -0.39 is 10.0 Å². The highest BCUT2D eigenvalue weighted by Crippen LogP contribution is 2.35. The molecule has 3 rings (SSSR count). The molecule has 2 aromatic carbocycles. The Labute approximate surface area is 139 Å². The number of nitrogen functional groups attached to an aromatic ring is 1. The van der Waals surface area contributed by atoms with Gasteiger partial charge in [-0.05, 0) is 36.2 Å². The maximum Gasteiger partial charge on any atom is 0.261 e. The minimum Gasteiger partial charge on any atom is -0.454 e. The van der Waals surface area contributed by atoms with Crippen molar-refractivity contribution in [3.63, 3.8) is 0 Å². The Morgan fingerprint density at radius 1 is 1.13 bits per heavy atom. The smallest absolute Gasteiger partial charge is 0.261 e. The fourth-order valence-corrected chi connectivity index (χ4v) is 3.53. The van der Waals surface area contributed by atoms with Crippen molar-refractivity contribution >= 4 is 33.0 Å². The van der Waals surface area contributed by atoms with Gasteiger partial charge in [0.1, 0.15) is 0 Å². The first-order chi connectivity index (χ1) is 11.0. The second-order valence-electron chi connectivity index (χ2n) is 4.97. The van der Waals surface area contributed by atoms with Crippen molar-refractivity contribution in [2.24, 2.45) is 0 Å². The predicted molar refractivity (Wildman–Crippen MR) is 88.7 cm³/mol. The first-order valence-corrected chi connectivity index (χ1v) is 8.88. The second kappa shape index (κ2) is 6.17. The van der Waals surface area contributed by atoms with E-state index in [2.05, 4.69) is 4.72 Å². The average Bonchev–Trinajstić information content (AvgIpc) is 2.96. The molecule has 0 atom stereocenters. The maximum atomic E-state index is 12.5. The second-order valence-corrected chi connectivity index (χ2v) is 7.03. The lowest BCUT2D eigenvalue weighted by atomic mass is 10.1. The van der Waals surface area contributed by atoms with Crippen LogP contribution in [-0.2, 0) is 16.4 Å². The molecule has 8 heteroatoms. The summed E-state index contributed by atoms with van der Waals surface area (Å²) >= 11 is 5.68. The largest absolute Gasteiger partial charge is 0.454 e. The zero-order valence-electron chi connectivity index (χ0n) is 12.1. The lowest BCUT2D eigenvalue weighted by Crippen LogP contribution is -2.13. The molecule has 0 aromatic heterocycles. The van der Waals surface area contributed by atoms with Gasteiger partial charge in [-0.25, -0.2) is 8.42 Å². The van der Waals surface area contributed by atoms with Gasteiger partial charge in [-0.2, -0.15) is 0 Å². The van der Waals surface area contributed by atoms with Gasteiger partial charge in [0.15, 0.2) is 11.5 Å². The van der Waals surface area contributed by atoms with Gasteiger partial charge in [-0.3, -0.25) is 4.72 Å². The molecule has 3 N–H and O–H groups in total. The van der Waals surface area contributed by atoms with E-state index in [1.165, 1.54) is 12.1 Å². The van der Waals surface area contributed by atoms with Crippen LogP contribution in [0, 0.1) is 0 Å². The number of hydrogen-bond acceptors (Lipinski definition) is 5. The van der Waals surface area contributed by atoms with E-state index in [9.17, 15) is 8.42 Å². The Balaban J connectivity index is 1.85. The molecular weight excluding hydrogens is 340 g/mol. The van der Waals surface area contributed by atoms with Crippen LogP contribution >= 0.6 is 11.6 Å². The Kier molecular flexibility index (Phi) is 4.23. The van der Waals surface area contributed by atoms with Crippen molar-refractivity contribution < 1.29 is 17.9 Å². The number of fused-ring (bicyclic) bond motifs is 1. The summed E-state index contributed by atoms with van der Waals surface area (Å²) in [5, 5.41) is 0. The lowest BCUT2D eigenvalue weighted by molar-refractivity contribution is 0.174. The van der Waals surface area contributed by atoms with E-state index in [1.807, 2.05) is 0 Å². The monoisotopic (exact) mass is 354 g/mol.